The summed E-state index contributed by atoms with van der Waals surface area (Å²) in [4.78, 5) is 6.00. The lowest BCUT2D eigenvalue weighted by atomic mass is 10.2. The van der Waals surface area contributed by atoms with Gasteiger partial charge in [0.25, 0.3) is 0 Å². The largest absolute Gasteiger partial charge is 0.478 e. The Morgan fingerprint density at radius 2 is 2.29 bits per heavy atom. The Hall–Kier alpha value is -0.840. The first kappa shape index (κ1) is 12.6. The van der Waals surface area contributed by atoms with Crippen LogP contribution in [0.25, 0.3) is 0 Å². The van der Waals surface area contributed by atoms with Crippen LogP contribution in [0.5, 0.6) is 0 Å². The average molecular weight is 289 g/mol. The number of thiocarbonyl (C=S) groups is 1. The number of hydrogen-bond donors (Lipinski definition) is 0. The van der Waals surface area contributed by atoms with Crippen molar-refractivity contribution in [2.45, 2.75) is 6.54 Å². The van der Waals surface area contributed by atoms with Crippen LogP contribution in [0.2, 0.25) is 10.2 Å². The van der Waals surface area contributed by atoms with Crippen LogP contribution < -0.4 is 0 Å². The van der Waals surface area contributed by atoms with Gasteiger partial charge in [-0.15, -0.1) is 0 Å². The van der Waals surface area contributed by atoms with Gasteiger partial charge in [0.15, 0.2) is 0 Å². The number of hydrogen-bond acceptors (Lipinski definition) is 4. The predicted octanol–water partition coefficient (Wildman–Crippen LogP) is 3.06. The van der Waals surface area contributed by atoms with Crippen molar-refractivity contribution >= 4 is 40.5 Å². The molecule has 0 amide bonds. The molecule has 1 aliphatic heterocycles. The van der Waals surface area contributed by atoms with Crippen LogP contribution in [0.4, 0.5) is 0 Å². The van der Waals surface area contributed by atoms with E-state index in [0.717, 1.165) is 11.3 Å². The van der Waals surface area contributed by atoms with Crippen LogP contribution in [0, 0.1) is 0 Å². The van der Waals surface area contributed by atoms with E-state index in [-0.39, 0.29) is 0 Å². The molecule has 0 aromatic carbocycles. The van der Waals surface area contributed by atoms with Crippen molar-refractivity contribution < 1.29 is 4.74 Å². The predicted molar refractivity (Wildman–Crippen MR) is 72.4 cm³/mol. The summed E-state index contributed by atoms with van der Waals surface area (Å²) in [5.41, 5.74) is 1.89. The molecule has 0 unspecified atom stereocenters. The van der Waals surface area contributed by atoms with E-state index < -0.39 is 0 Å². The molecule has 90 valence electrons. The first-order valence-electron chi connectivity index (χ1n) is 4.96. The summed E-state index contributed by atoms with van der Waals surface area (Å²) in [6.45, 7) is 1.19. The molecule has 0 fully saturated rings. The molecule has 6 heteroatoms. The van der Waals surface area contributed by atoms with Gasteiger partial charge in [-0.05, 0) is 29.9 Å². The fourth-order valence-corrected chi connectivity index (χ4v) is 2.17. The van der Waals surface area contributed by atoms with E-state index in [1.807, 2.05) is 18.0 Å². The molecule has 3 nitrogen and oxygen atoms in total. The normalized spacial score (nSPS) is 14.5. The lowest BCUT2D eigenvalue weighted by Gasteiger charge is -2.19. The van der Waals surface area contributed by atoms with Gasteiger partial charge in [-0.25, -0.2) is 4.98 Å². The molecule has 2 rings (SSSR count). The number of likely N-dealkylation sites (N-methyl/N-ethyl adjacent to an activating group) is 1. The molecule has 17 heavy (non-hydrogen) atoms. The Morgan fingerprint density at radius 1 is 1.53 bits per heavy atom. The van der Waals surface area contributed by atoms with Crippen molar-refractivity contribution in [2.75, 3.05) is 13.7 Å². The van der Waals surface area contributed by atoms with Gasteiger partial charge in [0.2, 0.25) is 5.05 Å². The third-order valence-corrected chi connectivity index (χ3v) is 3.40. The third kappa shape index (κ3) is 2.89. The number of halogens is 2. The first-order valence-corrected chi connectivity index (χ1v) is 6.12. The number of aromatic nitrogens is 1. The van der Waals surface area contributed by atoms with Crippen molar-refractivity contribution in [3.8, 4) is 0 Å². The Balaban J connectivity index is 2.10. The summed E-state index contributed by atoms with van der Waals surface area (Å²) >= 11 is 16.8. The molecule has 0 bridgehead atoms. The second-order valence-corrected chi connectivity index (χ2v) is 4.80. The summed E-state index contributed by atoms with van der Waals surface area (Å²) in [6.07, 6.45) is 3.65. The standard InChI is InChI=1S/C11H10Cl2N2OS/c1-15(9-2-3-16-11(9)17)6-7-4-8(12)10(13)14-5-7/h2,4-5H,3,6H2,1H3. The van der Waals surface area contributed by atoms with Crippen LogP contribution in [0.1, 0.15) is 5.56 Å². The minimum Gasteiger partial charge on any atom is -0.478 e. The molecule has 2 heterocycles. The molecule has 0 radical (unpaired) electrons. The van der Waals surface area contributed by atoms with Crippen LogP contribution >= 0.6 is 35.4 Å². The van der Waals surface area contributed by atoms with Gasteiger partial charge in [-0.1, -0.05) is 23.2 Å². The maximum Gasteiger partial charge on any atom is 0.207 e. The lowest BCUT2D eigenvalue weighted by Crippen LogP contribution is -2.20. The molecule has 1 aromatic heterocycles. The Labute approximate surface area is 115 Å². The monoisotopic (exact) mass is 288 g/mol. The molecule has 0 aliphatic carbocycles. The minimum absolute atomic E-state index is 0.317. The van der Waals surface area contributed by atoms with Gasteiger partial charge in [0, 0.05) is 19.8 Å². The van der Waals surface area contributed by atoms with E-state index in [2.05, 4.69) is 4.98 Å². The first-order chi connectivity index (χ1) is 8.08. The number of rotatable bonds is 3. The number of nitrogens with zero attached hydrogens (tertiary/aromatic N) is 2. The fraction of sp³-hybridized carbons (Fsp3) is 0.273. The Morgan fingerprint density at radius 3 is 2.88 bits per heavy atom. The van der Waals surface area contributed by atoms with Crippen LogP contribution in [-0.4, -0.2) is 28.6 Å². The molecule has 0 N–H and O–H groups in total. The van der Waals surface area contributed by atoms with E-state index in [1.54, 1.807) is 12.3 Å². The van der Waals surface area contributed by atoms with Crippen LogP contribution in [0.3, 0.4) is 0 Å². The molecule has 0 saturated carbocycles. The average Bonchev–Trinajstić information content (AvgIpc) is 2.70. The maximum atomic E-state index is 5.91. The molecule has 0 atom stereocenters. The zero-order valence-corrected chi connectivity index (χ0v) is 11.4. The molecule has 1 aliphatic rings. The van der Waals surface area contributed by atoms with E-state index in [9.17, 15) is 0 Å². The molecule has 1 aromatic rings. The summed E-state index contributed by atoms with van der Waals surface area (Å²) < 4.78 is 5.20. The SMILES string of the molecule is CN(Cc1cnc(Cl)c(Cl)c1)C1=CCOC1=S. The highest BCUT2D eigenvalue weighted by molar-refractivity contribution is 7.80. The Kier molecular flexibility index (Phi) is 3.86. The number of ether oxygens (including phenoxy) is 1. The molecule has 0 spiro atoms. The van der Waals surface area contributed by atoms with E-state index in [4.69, 9.17) is 40.2 Å². The van der Waals surface area contributed by atoms with E-state index >= 15 is 0 Å². The van der Waals surface area contributed by atoms with Gasteiger partial charge in [-0.2, -0.15) is 0 Å². The minimum atomic E-state index is 0.317. The summed E-state index contributed by atoms with van der Waals surface area (Å²) in [5, 5.41) is 1.30. The topological polar surface area (TPSA) is 25.4 Å². The van der Waals surface area contributed by atoms with Crippen molar-refractivity contribution in [1.82, 2.24) is 9.88 Å². The molecular weight excluding hydrogens is 279 g/mol. The summed E-state index contributed by atoms with van der Waals surface area (Å²) in [6, 6.07) is 1.80. The maximum absolute atomic E-state index is 5.91. The smallest absolute Gasteiger partial charge is 0.207 e. The second-order valence-electron chi connectivity index (χ2n) is 3.66. The third-order valence-electron chi connectivity index (χ3n) is 2.38. The molecular formula is C11H10Cl2N2OS. The van der Waals surface area contributed by atoms with Crippen molar-refractivity contribution in [3.05, 3.63) is 39.8 Å². The van der Waals surface area contributed by atoms with Crippen LogP contribution in [-0.2, 0) is 11.3 Å². The van der Waals surface area contributed by atoms with Crippen LogP contribution in [0.15, 0.2) is 24.0 Å². The van der Waals surface area contributed by atoms with E-state index in [1.165, 1.54) is 0 Å². The highest BCUT2D eigenvalue weighted by Crippen LogP contribution is 2.22. The zero-order chi connectivity index (χ0) is 12.4. The summed E-state index contributed by atoms with van der Waals surface area (Å²) in [7, 11) is 1.94. The zero-order valence-electron chi connectivity index (χ0n) is 9.11. The van der Waals surface area contributed by atoms with Gasteiger partial charge < -0.3 is 9.64 Å². The van der Waals surface area contributed by atoms with Gasteiger partial charge in [-0.3, -0.25) is 0 Å². The highest BCUT2D eigenvalue weighted by atomic mass is 35.5. The van der Waals surface area contributed by atoms with E-state index in [0.29, 0.717) is 28.4 Å². The quantitative estimate of drug-likeness (QED) is 0.631. The lowest BCUT2D eigenvalue weighted by molar-refractivity contribution is 0.366. The van der Waals surface area contributed by atoms with Crippen molar-refractivity contribution in [3.63, 3.8) is 0 Å². The molecule has 0 saturated heterocycles. The van der Waals surface area contributed by atoms with Crippen molar-refractivity contribution in [1.29, 1.82) is 0 Å². The highest BCUT2D eigenvalue weighted by Gasteiger charge is 2.17. The van der Waals surface area contributed by atoms with Gasteiger partial charge in [0.05, 0.1) is 10.7 Å². The second kappa shape index (κ2) is 5.21. The fourth-order valence-electron chi connectivity index (χ4n) is 1.57. The number of pyridine rings is 1. The van der Waals surface area contributed by atoms with Crippen molar-refractivity contribution in [2.24, 2.45) is 0 Å². The summed E-state index contributed by atoms with van der Waals surface area (Å²) in [5.74, 6) is 0. The Bertz CT molecular complexity index is 490. The van der Waals surface area contributed by atoms with Gasteiger partial charge in [0.1, 0.15) is 11.8 Å². The van der Waals surface area contributed by atoms with Gasteiger partial charge >= 0.3 is 0 Å².